The molecule has 0 spiro atoms. The number of rotatable bonds is 2. The Morgan fingerprint density at radius 2 is 2.39 bits per heavy atom. The van der Waals surface area contributed by atoms with Gasteiger partial charge in [0.05, 0.1) is 12.7 Å². The maximum Gasteiger partial charge on any atom is 0.327 e. The highest BCUT2D eigenvalue weighted by Crippen LogP contribution is 2.26. The van der Waals surface area contributed by atoms with E-state index in [1.807, 2.05) is 0 Å². The smallest absolute Gasteiger partial charge is 0.327 e. The first kappa shape index (κ1) is 13.2. The normalized spacial score (nSPS) is 40.7. The number of hydrogen-bond donors (Lipinski definition) is 5. The third-order valence-electron chi connectivity index (χ3n) is 3.16. The molecule has 0 aromatic carbocycles. The Morgan fingerprint density at radius 1 is 1.72 bits per heavy atom. The lowest BCUT2D eigenvalue weighted by atomic mass is 10.1. The molecule has 8 heteroatoms. The van der Waals surface area contributed by atoms with Gasteiger partial charge in [-0.05, 0) is 6.92 Å². The van der Waals surface area contributed by atoms with Crippen molar-refractivity contribution in [2.75, 3.05) is 6.61 Å². The Bertz CT molecular complexity index is 384. The van der Waals surface area contributed by atoms with Crippen molar-refractivity contribution in [1.82, 2.24) is 10.2 Å². The maximum atomic E-state index is 11.8. The number of carbonyl (C=O) groups is 1. The van der Waals surface area contributed by atoms with Crippen LogP contribution in [0.5, 0.6) is 0 Å². The van der Waals surface area contributed by atoms with Crippen LogP contribution in [0.2, 0.25) is 0 Å². The Labute approximate surface area is 104 Å². The quantitative estimate of drug-likeness (QED) is 0.364. The van der Waals surface area contributed by atoms with Gasteiger partial charge in [-0.3, -0.25) is 16.0 Å². The van der Waals surface area contributed by atoms with Crippen molar-refractivity contribution in [3.05, 3.63) is 11.8 Å². The number of aliphatic hydroxyl groups excluding tert-OH is 2. The summed E-state index contributed by atoms with van der Waals surface area (Å²) in [5.41, 5.74) is 5.79. The molecule has 6 N–H and O–H groups in total. The number of nitrogens with zero attached hydrogens (tertiary/aromatic N) is 1. The lowest BCUT2D eigenvalue weighted by molar-refractivity contribution is -0.0597. The number of nitrogens with one attached hydrogen (secondary N) is 1. The standard InChI is InChI=1S/C10H17N3O5/c1-5-3-13(9(16)12-10(5,11)17)8-2-6(15)7(4-14)18-8/h3,6-8,14-15,17H,2,4,11H2,1H3,(H,12,16)/t6-,7+,8+,10?/m0/s1. The number of ether oxygens (including phenoxy) is 1. The van der Waals surface area contributed by atoms with E-state index in [4.69, 9.17) is 15.6 Å². The van der Waals surface area contributed by atoms with Gasteiger partial charge in [-0.25, -0.2) is 4.79 Å². The number of aliphatic hydroxyl groups is 3. The molecule has 0 bridgehead atoms. The third-order valence-corrected chi connectivity index (χ3v) is 3.16. The van der Waals surface area contributed by atoms with E-state index in [0.717, 1.165) is 0 Å². The molecule has 4 atom stereocenters. The topological polar surface area (TPSA) is 128 Å². The van der Waals surface area contributed by atoms with E-state index in [1.54, 1.807) is 6.92 Å². The molecule has 2 rings (SSSR count). The van der Waals surface area contributed by atoms with Gasteiger partial charge in [0, 0.05) is 18.2 Å². The van der Waals surface area contributed by atoms with Crippen molar-refractivity contribution in [3.8, 4) is 0 Å². The van der Waals surface area contributed by atoms with Crippen molar-refractivity contribution in [2.45, 2.75) is 37.6 Å². The monoisotopic (exact) mass is 259 g/mol. The van der Waals surface area contributed by atoms with Crippen LogP contribution in [0.15, 0.2) is 11.8 Å². The zero-order valence-electron chi connectivity index (χ0n) is 9.91. The van der Waals surface area contributed by atoms with Crippen LogP contribution in [0.3, 0.4) is 0 Å². The van der Waals surface area contributed by atoms with Gasteiger partial charge in [-0.1, -0.05) is 0 Å². The van der Waals surface area contributed by atoms with Crippen molar-refractivity contribution >= 4 is 6.03 Å². The van der Waals surface area contributed by atoms with E-state index in [-0.39, 0.29) is 13.0 Å². The highest BCUT2D eigenvalue weighted by atomic mass is 16.5. The minimum atomic E-state index is -1.87. The lowest BCUT2D eigenvalue weighted by Crippen LogP contribution is -2.63. The zero-order valence-corrected chi connectivity index (χ0v) is 9.91. The van der Waals surface area contributed by atoms with E-state index in [0.29, 0.717) is 5.57 Å². The fourth-order valence-corrected chi connectivity index (χ4v) is 1.96. The van der Waals surface area contributed by atoms with Crippen LogP contribution < -0.4 is 11.1 Å². The van der Waals surface area contributed by atoms with Gasteiger partial charge < -0.3 is 20.1 Å². The molecule has 1 saturated heterocycles. The van der Waals surface area contributed by atoms with E-state index < -0.39 is 30.3 Å². The summed E-state index contributed by atoms with van der Waals surface area (Å²) in [5, 5.41) is 30.4. The molecule has 1 fully saturated rings. The van der Waals surface area contributed by atoms with Crippen molar-refractivity contribution in [1.29, 1.82) is 0 Å². The van der Waals surface area contributed by atoms with Crippen LogP contribution in [0.4, 0.5) is 4.79 Å². The molecule has 2 heterocycles. The average molecular weight is 259 g/mol. The summed E-state index contributed by atoms with van der Waals surface area (Å²) in [6.07, 6.45) is -0.680. The van der Waals surface area contributed by atoms with Gasteiger partial charge in [0.25, 0.3) is 0 Å². The molecule has 18 heavy (non-hydrogen) atoms. The summed E-state index contributed by atoms with van der Waals surface area (Å²) in [7, 11) is 0. The molecule has 0 aromatic rings. The predicted octanol–water partition coefficient (Wildman–Crippen LogP) is -2.01. The van der Waals surface area contributed by atoms with Crippen LogP contribution in [-0.4, -0.2) is 57.1 Å². The first-order chi connectivity index (χ1) is 8.35. The fourth-order valence-electron chi connectivity index (χ4n) is 1.96. The first-order valence-corrected chi connectivity index (χ1v) is 5.60. The molecule has 102 valence electrons. The molecule has 8 nitrogen and oxygen atoms in total. The van der Waals surface area contributed by atoms with Crippen molar-refractivity contribution < 1.29 is 24.9 Å². The Balaban J connectivity index is 2.15. The van der Waals surface area contributed by atoms with Gasteiger partial charge in [-0.15, -0.1) is 0 Å². The van der Waals surface area contributed by atoms with Crippen LogP contribution in [0, 0.1) is 0 Å². The minimum absolute atomic E-state index is 0.186. The molecule has 2 amide bonds. The number of hydrogen-bond acceptors (Lipinski definition) is 6. The van der Waals surface area contributed by atoms with Gasteiger partial charge in [0.15, 0.2) is 0 Å². The summed E-state index contributed by atoms with van der Waals surface area (Å²) >= 11 is 0. The summed E-state index contributed by atoms with van der Waals surface area (Å²) in [4.78, 5) is 13.0. The number of amides is 2. The van der Waals surface area contributed by atoms with Gasteiger partial charge in [0.2, 0.25) is 5.85 Å². The van der Waals surface area contributed by atoms with Crippen LogP contribution in [0.25, 0.3) is 0 Å². The predicted molar refractivity (Wildman–Crippen MR) is 59.6 cm³/mol. The first-order valence-electron chi connectivity index (χ1n) is 5.60. The van der Waals surface area contributed by atoms with E-state index in [2.05, 4.69) is 5.32 Å². The maximum absolute atomic E-state index is 11.8. The van der Waals surface area contributed by atoms with Crippen LogP contribution in [-0.2, 0) is 4.74 Å². The summed E-state index contributed by atoms with van der Waals surface area (Å²) in [5.74, 6) is -1.87. The molecule has 1 unspecified atom stereocenters. The van der Waals surface area contributed by atoms with Crippen LogP contribution in [0.1, 0.15) is 13.3 Å². The van der Waals surface area contributed by atoms with Crippen LogP contribution >= 0.6 is 0 Å². The molecular formula is C10H17N3O5. The molecule has 2 aliphatic rings. The number of carbonyl (C=O) groups excluding carboxylic acids is 1. The molecule has 0 aromatic heterocycles. The molecule has 0 aliphatic carbocycles. The molecule has 0 saturated carbocycles. The SMILES string of the molecule is CC1=CN([C@H]2C[C@H](O)[C@@H](CO)O2)C(=O)NC1(N)O. The Kier molecular flexibility index (Phi) is 3.30. The van der Waals surface area contributed by atoms with E-state index in [1.165, 1.54) is 11.1 Å². The number of urea groups is 1. The van der Waals surface area contributed by atoms with Crippen molar-refractivity contribution in [2.24, 2.45) is 5.73 Å². The molecule has 2 aliphatic heterocycles. The highest BCUT2D eigenvalue weighted by molar-refractivity contribution is 5.78. The lowest BCUT2D eigenvalue weighted by Gasteiger charge is -2.36. The zero-order chi connectivity index (χ0) is 13.5. The molecule has 0 radical (unpaired) electrons. The number of nitrogens with two attached hydrogens (primary N) is 1. The fraction of sp³-hybridized carbons (Fsp3) is 0.700. The van der Waals surface area contributed by atoms with E-state index in [9.17, 15) is 15.0 Å². The minimum Gasteiger partial charge on any atom is -0.394 e. The summed E-state index contributed by atoms with van der Waals surface area (Å²) in [6.45, 7) is 1.23. The van der Waals surface area contributed by atoms with E-state index >= 15 is 0 Å². The van der Waals surface area contributed by atoms with Gasteiger partial charge in [0.1, 0.15) is 12.3 Å². The van der Waals surface area contributed by atoms with Crippen molar-refractivity contribution in [3.63, 3.8) is 0 Å². The van der Waals surface area contributed by atoms with Gasteiger partial charge in [-0.2, -0.15) is 0 Å². The second-order valence-corrected chi connectivity index (χ2v) is 4.53. The Hall–Kier alpha value is -1.19. The largest absolute Gasteiger partial charge is 0.394 e. The average Bonchev–Trinajstić information content (AvgIpc) is 2.64. The van der Waals surface area contributed by atoms with Gasteiger partial charge >= 0.3 is 6.03 Å². The summed E-state index contributed by atoms with van der Waals surface area (Å²) in [6, 6.07) is -0.624. The molecular weight excluding hydrogens is 242 g/mol. The highest BCUT2D eigenvalue weighted by Gasteiger charge is 2.42. The second-order valence-electron chi connectivity index (χ2n) is 4.53. The Morgan fingerprint density at radius 3 is 2.94 bits per heavy atom. The third kappa shape index (κ3) is 2.20. The summed E-state index contributed by atoms with van der Waals surface area (Å²) < 4.78 is 5.35. The second kappa shape index (κ2) is 4.48.